The first-order chi connectivity index (χ1) is 7.24. The van der Waals surface area contributed by atoms with Crippen LogP contribution in [0.25, 0.3) is 0 Å². The summed E-state index contributed by atoms with van der Waals surface area (Å²) >= 11 is 0. The monoisotopic (exact) mass is 226 g/mol. The second-order valence-electron chi connectivity index (χ2n) is 6.58. The van der Waals surface area contributed by atoms with E-state index in [0.717, 1.165) is 12.8 Å². The van der Waals surface area contributed by atoms with Gasteiger partial charge in [0.05, 0.1) is 11.0 Å². The normalized spacial score (nSPS) is 40.4. The topological polar surface area (TPSA) is 57.5 Å². The van der Waals surface area contributed by atoms with E-state index in [4.69, 9.17) is 0 Å². The van der Waals surface area contributed by atoms with Gasteiger partial charge in [0.1, 0.15) is 0 Å². The average Bonchev–Trinajstić information content (AvgIpc) is 2.85. The molecule has 0 aromatic rings. The first-order valence-electron chi connectivity index (χ1n) is 6.19. The van der Waals surface area contributed by atoms with Gasteiger partial charge < -0.3 is 10.2 Å². The molecule has 2 N–H and O–H groups in total. The van der Waals surface area contributed by atoms with Gasteiger partial charge in [-0.3, -0.25) is 4.79 Å². The molecular formula is C13H22O3. The summed E-state index contributed by atoms with van der Waals surface area (Å²) < 4.78 is 0. The number of aliphatic carboxylic acids is 1. The number of hydrogen-bond acceptors (Lipinski definition) is 2. The van der Waals surface area contributed by atoms with Crippen molar-refractivity contribution in [1.29, 1.82) is 0 Å². The minimum Gasteiger partial charge on any atom is -0.481 e. The van der Waals surface area contributed by atoms with Crippen molar-refractivity contribution >= 4 is 5.97 Å². The SMILES string of the molecule is CC1CC1(C(=O)O)C1(O)CCC(C)(C)CC1. The number of aliphatic hydroxyl groups is 1. The van der Waals surface area contributed by atoms with Gasteiger partial charge in [0.25, 0.3) is 0 Å². The predicted octanol–water partition coefficient (Wildman–Crippen LogP) is 2.43. The highest BCUT2D eigenvalue weighted by molar-refractivity contribution is 5.80. The minimum absolute atomic E-state index is 0.121. The van der Waals surface area contributed by atoms with Crippen molar-refractivity contribution in [1.82, 2.24) is 0 Å². The summed E-state index contributed by atoms with van der Waals surface area (Å²) in [5, 5.41) is 20.0. The van der Waals surface area contributed by atoms with Crippen molar-refractivity contribution in [2.24, 2.45) is 16.7 Å². The molecule has 92 valence electrons. The van der Waals surface area contributed by atoms with Crippen molar-refractivity contribution in [2.45, 2.75) is 58.5 Å². The van der Waals surface area contributed by atoms with Gasteiger partial charge in [0.2, 0.25) is 0 Å². The van der Waals surface area contributed by atoms with E-state index in [0.29, 0.717) is 19.3 Å². The molecule has 2 saturated carbocycles. The molecule has 0 heterocycles. The molecule has 0 amide bonds. The van der Waals surface area contributed by atoms with E-state index in [2.05, 4.69) is 13.8 Å². The molecule has 0 aromatic carbocycles. The zero-order chi connectivity index (χ0) is 12.2. The summed E-state index contributed by atoms with van der Waals surface area (Å²) in [6, 6.07) is 0. The van der Waals surface area contributed by atoms with Gasteiger partial charge in [-0.2, -0.15) is 0 Å². The maximum atomic E-state index is 11.4. The standard InChI is InChI=1S/C13H22O3/c1-9-8-13(9,10(14)15)12(16)6-4-11(2,3)5-7-12/h9,16H,4-8H2,1-3H3,(H,14,15). The zero-order valence-electron chi connectivity index (χ0n) is 10.4. The van der Waals surface area contributed by atoms with Crippen LogP contribution in [-0.2, 0) is 4.79 Å². The minimum atomic E-state index is -0.965. The number of hydrogen-bond donors (Lipinski definition) is 2. The first kappa shape index (κ1) is 11.9. The molecule has 3 nitrogen and oxygen atoms in total. The van der Waals surface area contributed by atoms with E-state index >= 15 is 0 Å². The Balaban J connectivity index is 2.19. The van der Waals surface area contributed by atoms with Crippen LogP contribution < -0.4 is 0 Å². The molecular weight excluding hydrogens is 204 g/mol. The molecule has 2 rings (SSSR count). The van der Waals surface area contributed by atoms with Crippen molar-refractivity contribution in [3.63, 3.8) is 0 Å². The van der Waals surface area contributed by atoms with Crippen LogP contribution in [0.5, 0.6) is 0 Å². The van der Waals surface area contributed by atoms with Crippen LogP contribution >= 0.6 is 0 Å². The van der Waals surface area contributed by atoms with Gasteiger partial charge in [-0.1, -0.05) is 20.8 Å². The zero-order valence-corrected chi connectivity index (χ0v) is 10.4. The third-order valence-corrected chi connectivity index (χ3v) is 4.95. The van der Waals surface area contributed by atoms with Crippen LogP contribution in [-0.4, -0.2) is 21.8 Å². The Morgan fingerprint density at radius 2 is 1.62 bits per heavy atom. The van der Waals surface area contributed by atoms with Crippen LogP contribution in [0.15, 0.2) is 0 Å². The lowest BCUT2D eigenvalue weighted by Gasteiger charge is -2.44. The van der Waals surface area contributed by atoms with Gasteiger partial charge >= 0.3 is 5.97 Å². The Hall–Kier alpha value is -0.570. The maximum absolute atomic E-state index is 11.4. The van der Waals surface area contributed by atoms with Gasteiger partial charge in [0.15, 0.2) is 0 Å². The molecule has 0 spiro atoms. The highest BCUT2D eigenvalue weighted by atomic mass is 16.4. The third-order valence-electron chi connectivity index (χ3n) is 4.95. The van der Waals surface area contributed by atoms with Crippen LogP contribution in [0, 0.1) is 16.7 Å². The fraction of sp³-hybridized carbons (Fsp3) is 0.923. The molecule has 16 heavy (non-hydrogen) atoms. The Bertz CT molecular complexity index is 311. The summed E-state index contributed by atoms with van der Waals surface area (Å²) in [4.78, 5) is 11.4. The summed E-state index contributed by atoms with van der Waals surface area (Å²) in [7, 11) is 0. The van der Waals surface area contributed by atoms with Crippen LogP contribution in [0.3, 0.4) is 0 Å². The summed E-state index contributed by atoms with van der Waals surface area (Å²) in [6.07, 6.45) is 3.75. The largest absolute Gasteiger partial charge is 0.481 e. The third kappa shape index (κ3) is 1.48. The fourth-order valence-electron chi connectivity index (χ4n) is 3.36. The second kappa shape index (κ2) is 3.22. The molecule has 2 atom stereocenters. The van der Waals surface area contributed by atoms with E-state index in [-0.39, 0.29) is 11.3 Å². The smallest absolute Gasteiger partial charge is 0.312 e. The summed E-state index contributed by atoms with van der Waals surface area (Å²) in [5.74, 6) is -0.682. The van der Waals surface area contributed by atoms with Crippen molar-refractivity contribution < 1.29 is 15.0 Å². The number of carboxylic acid groups (broad SMARTS) is 1. The van der Waals surface area contributed by atoms with E-state index in [1.807, 2.05) is 6.92 Å². The lowest BCUT2D eigenvalue weighted by Crippen LogP contribution is -2.49. The first-order valence-corrected chi connectivity index (χ1v) is 6.19. The van der Waals surface area contributed by atoms with Crippen molar-refractivity contribution in [2.75, 3.05) is 0 Å². The quantitative estimate of drug-likeness (QED) is 0.760. The molecule has 0 radical (unpaired) electrons. The summed E-state index contributed by atoms with van der Waals surface area (Å²) in [6.45, 7) is 6.32. The van der Waals surface area contributed by atoms with E-state index in [1.165, 1.54) is 0 Å². The molecule has 2 aliphatic carbocycles. The Kier molecular flexibility index (Phi) is 2.40. The number of rotatable bonds is 2. The molecule has 2 aliphatic rings. The summed E-state index contributed by atoms with van der Waals surface area (Å²) in [5.41, 5.74) is -1.55. The maximum Gasteiger partial charge on any atom is 0.312 e. The van der Waals surface area contributed by atoms with Gasteiger partial charge in [0, 0.05) is 0 Å². The van der Waals surface area contributed by atoms with E-state index in [1.54, 1.807) is 0 Å². The van der Waals surface area contributed by atoms with Crippen LogP contribution in [0.1, 0.15) is 52.9 Å². The lowest BCUT2D eigenvalue weighted by atomic mass is 9.65. The molecule has 3 heteroatoms. The number of carbonyl (C=O) groups is 1. The average molecular weight is 226 g/mol. The van der Waals surface area contributed by atoms with Gasteiger partial charge in [-0.05, 0) is 43.4 Å². The number of carboxylic acids is 1. The molecule has 2 fully saturated rings. The molecule has 0 aliphatic heterocycles. The van der Waals surface area contributed by atoms with Crippen LogP contribution in [0.2, 0.25) is 0 Å². The highest BCUT2D eigenvalue weighted by Gasteiger charge is 2.69. The van der Waals surface area contributed by atoms with Gasteiger partial charge in [-0.15, -0.1) is 0 Å². The second-order valence-corrected chi connectivity index (χ2v) is 6.58. The predicted molar refractivity (Wildman–Crippen MR) is 61.0 cm³/mol. The Morgan fingerprint density at radius 1 is 1.19 bits per heavy atom. The lowest BCUT2D eigenvalue weighted by molar-refractivity contribution is -0.163. The fourth-order valence-corrected chi connectivity index (χ4v) is 3.36. The molecule has 0 saturated heterocycles. The Labute approximate surface area is 96.9 Å². The van der Waals surface area contributed by atoms with Crippen LogP contribution in [0.4, 0.5) is 0 Å². The van der Waals surface area contributed by atoms with E-state index in [9.17, 15) is 15.0 Å². The van der Waals surface area contributed by atoms with Crippen molar-refractivity contribution in [3.05, 3.63) is 0 Å². The Morgan fingerprint density at radius 3 is 1.94 bits per heavy atom. The molecule has 0 aromatic heterocycles. The molecule has 2 unspecified atom stereocenters. The van der Waals surface area contributed by atoms with Crippen molar-refractivity contribution in [3.8, 4) is 0 Å². The molecule has 0 bridgehead atoms. The van der Waals surface area contributed by atoms with E-state index < -0.39 is 17.0 Å². The highest BCUT2D eigenvalue weighted by Crippen LogP contribution is 2.64. The van der Waals surface area contributed by atoms with Gasteiger partial charge in [-0.25, -0.2) is 0 Å².